The molecule has 2 N–H and O–H groups in total. The summed E-state index contributed by atoms with van der Waals surface area (Å²) in [6, 6.07) is 6.07. The average Bonchev–Trinajstić information content (AvgIpc) is 2.35. The van der Waals surface area contributed by atoms with Crippen molar-refractivity contribution in [3.8, 4) is 11.8 Å². The molecule has 1 heterocycles. The number of nitrogens with zero attached hydrogens (tertiary/aromatic N) is 2. The lowest BCUT2D eigenvalue weighted by Gasteiger charge is -2.08. The minimum absolute atomic E-state index is 0.270. The fourth-order valence-corrected chi connectivity index (χ4v) is 1.43. The summed E-state index contributed by atoms with van der Waals surface area (Å²) in [6.07, 6.45) is 2.98. The van der Waals surface area contributed by atoms with E-state index in [2.05, 4.69) is 9.97 Å². The van der Waals surface area contributed by atoms with E-state index in [1.54, 1.807) is 0 Å². The Morgan fingerprint density at radius 2 is 2.00 bits per heavy atom. The van der Waals surface area contributed by atoms with E-state index in [0.717, 1.165) is 11.1 Å². The second-order valence-corrected chi connectivity index (χ2v) is 4.03. The first kappa shape index (κ1) is 11.8. The van der Waals surface area contributed by atoms with Gasteiger partial charge in [-0.3, -0.25) is 0 Å². The predicted octanol–water partition coefficient (Wildman–Crippen LogP) is 2.69. The molecule has 0 saturated heterocycles. The van der Waals surface area contributed by atoms with E-state index in [9.17, 15) is 0 Å². The van der Waals surface area contributed by atoms with Crippen LogP contribution in [-0.2, 0) is 6.54 Å². The van der Waals surface area contributed by atoms with Gasteiger partial charge >= 0.3 is 6.01 Å². The van der Waals surface area contributed by atoms with Gasteiger partial charge in [-0.05, 0) is 24.1 Å². The molecule has 5 heteroatoms. The number of aromatic nitrogens is 2. The van der Waals surface area contributed by atoms with Gasteiger partial charge in [-0.15, -0.1) is 0 Å². The Labute approximate surface area is 104 Å². The number of nitrogens with two attached hydrogens (primary N) is 1. The van der Waals surface area contributed by atoms with Crippen molar-refractivity contribution < 1.29 is 4.74 Å². The molecule has 0 aliphatic heterocycles. The molecule has 0 fully saturated rings. The highest BCUT2D eigenvalue weighted by Gasteiger charge is 2.04. The molecule has 1 aromatic heterocycles. The minimum atomic E-state index is 0.270. The lowest BCUT2D eigenvalue weighted by atomic mass is 10.1. The second kappa shape index (κ2) is 5.12. The van der Waals surface area contributed by atoms with Gasteiger partial charge in [0.25, 0.3) is 0 Å². The predicted molar refractivity (Wildman–Crippen MR) is 66.2 cm³/mol. The standard InChI is InChI=1S/C12H12ClN3O/c1-8-2-3-9(5-14)4-11(8)17-12-15-6-10(13)7-16-12/h2-4,6-7H,5,14H2,1H3. The molecule has 88 valence electrons. The molecule has 17 heavy (non-hydrogen) atoms. The van der Waals surface area contributed by atoms with Gasteiger partial charge < -0.3 is 10.5 Å². The lowest BCUT2D eigenvalue weighted by Crippen LogP contribution is -1.98. The Balaban J connectivity index is 2.25. The smallest absolute Gasteiger partial charge is 0.321 e. The van der Waals surface area contributed by atoms with Crippen LogP contribution in [-0.4, -0.2) is 9.97 Å². The van der Waals surface area contributed by atoms with Crippen molar-refractivity contribution in [3.63, 3.8) is 0 Å². The van der Waals surface area contributed by atoms with Crippen molar-refractivity contribution in [2.24, 2.45) is 5.73 Å². The minimum Gasteiger partial charge on any atom is -0.424 e. The van der Waals surface area contributed by atoms with E-state index >= 15 is 0 Å². The number of aryl methyl sites for hydroxylation is 1. The van der Waals surface area contributed by atoms with E-state index in [4.69, 9.17) is 22.1 Å². The maximum Gasteiger partial charge on any atom is 0.321 e. The topological polar surface area (TPSA) is 61.0 Å². The number of halogens is 1. The molecule has 0 saturated carbocycles. The fourth-order valence-electron chi connectivity index (χ4n) is 1.33. The Hall–Kier alpha value is -1.65. The maximum atomic E-state index is 5.70. The summed E-state index contributed by atoms with van der Waals surface area (Å²) in [4.78, 5) is 7.95. The molecule has 0 radical (unpaired) electrons. The van der Waals surface area contributed by atoms with E-state index in [-0.39, 0.29) is 6.01 Å². The quantitative estimate of drug-likeness (QED) is 0.909. The van der Waals surface area contributed by atoms with Crippen molar-refractivity contribution in [2.75, 3.05) is 0 Å². The highest BCUT2D eigenvalue weighted by molar-refractivity contribution is 6.30. The van der Waals surface area contributed by atoms with Gasteiger partial charge in [-0.25, -0.2) is 9.97 Å². The number of ether oxygens (including phenoxy) is 1. The molecule has 0 aliphatic carbocycles. The molecule has 1 aromatic carbocycles. The first-order valence-electron chi connectivity index (χ1n) is 5.14. The molecule has 0 amide bonds. The zero-order valence-corrected chi connectivity index (χ0v) is 10.1. The van der Waals surface area contributed by atoms with Gasteiger partial charge in [0.05, 0.1) is 17.4 Å². The van der Waals surface area contributed by atoms with E-state index in [1.807, 2.05) is 25.1 Å². The summed E-state index contributed by atoms with van der Waals surface area (Å²) in [5.74, 6) is 0.704. The summed E-state index contributed by atoms with van der Waals surface area (Å²) < 4.78 is 5.57. The van der Waals surface area contributed by atoms with Crippen molar-refractivity contribution in [3.05, 3.63) is 46.7 Å². The van der Waals surface area contributed by atoms with Crippen molar-refractivity contribution in [1.82, 2.24) is 9.97 Å². The van der Waals surface area contributed by atoms with Crippen molar-refractivity contribution in [1.29, 1.82) is 0 Å². The molecule has 0 aliphatic rings. The summed E-state index contributed by atoms with van der Waals surface area (Å²) in [5.41, 5.74) is 7.58. The third-order valence-corrected chi connectivity index (χ3v) is 2.48. The van der Waals surface area contributed by atoms with Crippen LogP contribution in [0.3, 0.4) is 0 Å². The van der Waals surface area contributed by atoms with Crippen LogP contribution in [0.1, 0.15) is 11.1 Å². The Morgan fingerprint density at radius 3 is 2.65 bits per heavy atom. The molecular formula is C12H12ClN3O. The van der Waals surface area contributed by atoms with E-state index in [1.165, 1.54) is 12.4 Å². The Morgan fingerprint density at radius 1 is 1.29 bits per heavy atom. The zero-order valence-electron chi connectivity index (χ0n) is 9.35. The number of hydrogen-bond donors (Lipinski definition) is 1. The summed E-state index contributed by atoms with van der Waals surface area (Å²) in [5, 5.41) is 0.477. The van der Waals surface area contributed by atoms with Crippen LogP contribution in [0, 0.1) is 6.92 Å². The Kier molecular flexibility index (Phi) is 3.56. The van der Waals surface area contributed by atoms with Crippen LogP contribution in [0.2, 0.25) is 5.02 Å². The third kappa shape index (κ3) is 2.93. The van der Waals surface area contributed by atoms with Crippen molar-refractivity contribution in [2.45, 2.75) is 13.5 Å². The molecule has 4 nitrogen and oxygen atoms in total. The van der Waals surface area contributed by atoms with Gasteiger partial charge in [-0.2, -0.15) is 0 Å². The molecule has 0 unspecified atom stereocenters. The SMILES string of the molecule is Cc1ccc(CN)cc1Oc1ncc(Cl)cn1. The normalized spacial score (nSPS) is 10.3. The maximum absolute atomic E-state index is 5.70. The zero-order chi connectivity index (χ0) is 12.3. The number of benzene rings is 1. The van der Waals surface area contributed by atoms with Crippen LogP contribution >= 0.6 is 11.6 Å². The molecule has 0 atom stereocenters. The van der Waals surface area contributed by atoms with Crippen LogP contribution in [0.15, 0.2) is 30.6 Å². The molecule has 0 bridgehead atoms. The summed E-state index contributed by atoms with van der Waals surface area (Å²) in [7, 11) is 0. The van der Waals surface area contributed by atoms with Crippen LogP contribution in [0.25, 0.3) is 0 Å². The summed E-state index contributed by atoms with van der Waals surface area (Å²) >= 11 is 5.70. The Bertz CT molecular complexity index is 514. The summed E-state index contributed by atoms with van der Waals surface area (Å²) in [6.45, 7) is 2.42. The monoisotopic (exact) mass is 249 g/mol. The largest absolute Gasteiger partial charge is 0.424 e. The van der Waals surface area contributed by atoms with E-state index < -0.39 is 0 Å². The molecule has 2 aromatic rings. The van der Waals surface area contributed by atoms with Gasteiger partial charge in [0.2, 0.25) is 0 Å². The highest BCUT2D eigenvalue weighted by Crippen LogP contribution is 2.23. The van der Waals surface area contributed by atoms with E-state index in [0.29, 0.717) is 17.3 Å². The van der Waals surface area contributed by atoms with Gasteiger partial charge in [0.1, 0.15) is 5.75 Å². The molecule has 0 spiro atoms. The van der Waals surface area contributed by atoms with Crippen LogP contribution in [0.4, 0.5) is 0 Å². The highest BCUT2D eigenvalue weighted by atomic mass is 35.5. The average molecular weight is 250 g/mol. The third-order valence-electron chi connectivity index (χ3n) is 2.29. The first-order chi connectivity index (χ1) is 8.19. The molecular weight excluding hydrogens is 238 g/mol. The second-order valence-electron chi connectivity index (χ2n) is 3.59. The van der Waals surface area contributed by atoms with Crippen LogP contribution in [0.5, 0.6) is 11.8 Å². The van der Waals surface area contributed by atoms with Gasteiger partial charge in [-0.1, -0.05) is 23.7 Å². The number of hydrogen-bond acceptors (Lipinski definition) is 4. The van der Waals surface area contributed by atoms with Gasteiger partial charge in [0, 0.05) is 6.54 Å². The fraction of sp³-hybridized carbons (Fsp3) is 0.167. The van der Waals surface area contributed by atoms with Crippen molar-refractivity contribution >= 4 is 11.6 Å². The first-order valence-corrected chi connectivity index (χ1v) is 5.52. The van der Waals surface area contributed by atoms with Crippen LogP contribution < -0.4 is 10.5 Å². The molecule has 2 rings (SSSR count). The number of rotatable bonds is 3. The lowest BCUT2D eigenvalue weighted by molar-refractivity contribution is 0.438. The van der Waals surface area contributed by atoms with Gasteiger partial charge in [0.15, 0.2) is 0 Å².